The molecule has 3 aromatic rings. The van der Waals surface area contributed by atoms with Gasteiger partial charge in [0.25, 0.3) is 0 Å². The van der Waals surface area contributed by atoms with Crippen molar-refractivity contribution in [1.82, 2.24) is 10.3 Å². The summed E-state index contributed by atoms with van der Waals surface area (Å²) in [6, 6.07) is 10.9. The van der Waals surface area contributed by atoms with Gasteiger partial charge in [0, 0.05) is 6.20 Å². The maximum atomic E-state index is 13.0. The molecule has 38 heavy (non-hydrogen) atoms. The Hall–Kier alpha value is -2.94. The second kappa shape index (κ2) is 12.7. The molecule has 0 spiro atoms. The Labute approximate surface area is 233 Å². The summed E-state index contributed by atoms with van der Waals surface area (Å²) in [5.41, 5.74) is 3.47. The smallest absolute Gasteiger partial charge is 0.250 e. The van der Waals surface area contributed by atoms with Gasteiger partial charge in [0.2, 0.25) is 11.8 Å². The number of rotatable bonds is 10. The molecule has 0 radical (unpaired) electrons. The van der Waals surface area contributed by atoms with E-state index >= 15 is 0 Å². The minimum Gasteiger partial charge on any atom is -0.487 e. The highest BCUT2D eigenvalue weighted by molar-refractivity contribution is 7.19. The van der Waals surface area contributed by atoms with E-state index in [1.165, 1.54) is 11.3 Å². The van der Waals surface area contributed by atoms with Crippen molar-refractivity contribution in [3.63, 3.8) is 0 Å². The molecule has 1 aromatic heterocycles. The first kappa shape index (κ1) is 29.6. The molecule has 0 fully saturated rings. The predicted octanol–water partition coefficient (Wildman–Crippen LogP) is 6.29. The standard InChI is InChI=1S/C29H36ClN3O4S/c1-7-10-22(32-27(36)25(34)29(4,5)6)26(35)33-28-31-15-24(38-28)20-12-9-8-11-19(20)16-37-23-14-18(3)17(2)13-21(23)30/h8-9,11-15,22,25,34H,7,10,16H2,1-6H3,(H,32,36)(H,31,33,35)/t22?,25-/m1/s1. The molecular weight excluding hydrogens is 522 g/mol. The Balaban J connectivity index is 1.72. The highest BCUT2D eigenvalue weighted by atomic mass is 35.5. The minimum absolute atomic E-state index is 0.318. The first-order chi connectivity index (χ1) is 17.9. The second-order valence-electron chi connectivity index (χ2n) is 10.5. The predicted molar refractivity (Wildman–Crippen MR) is 154 cm³/mol. The van der Waals surface area contributed by atoms with E-state index in [0.717, 1.165) is 27.1 Å². The highest BCUT2D eigenvalue weighted by Crippen LogP contribution is 2.33. The van der Waals surface area contributed by atoms with Gasteiger partial charge in [-0.25, -0.2) is 4.98 Å². The van der Waals surface area contributed by atoms with Crippen LogP contribution in [0.4, 0.5) is 5.13 Å². The van der Waals surface area contributed by atoms with Crippen LogP contribution in [-0.2, 0) is 16.2 Å². The van der Waals surface area contributed by atoms with Crippen molar-refractivity contribution in [2.24, 2.45) is 5.41 Å². The van der Waals surface area contributed by atoms with Crippen LogP contribution in [0.3, 0.4) is 0 Å². The summed E-state index contributed by atoms with van der Waals surface area (Å²) < 4.78 is 6.05. The van der Waals surface area contributed by atoms with Crippen LogP contribution >= 0.6 is 22.9 Å². The van der Waals surface area contributed by atoms with Crippen LogP contribution in [0.25, 0.3) is 10.4 Å². The zero-order chi connectivity index (χ0) is 28.0. The molecule has 3 rings (SSSR count). The number of hydrogen-bond acceptors (Lipinski definition) is 6. The van der Waals surface area contributed by atoms with Crippen molar-refractivity contribution in [3.8, 4) is 16.2 Å². The van der Waals surface area contributed by atoms with Gasteiger partial charge in [-0.2, -0.15) is 0 Å². The van der Waals surface area contributed by atoms with Gasteiger partial charge in [-0.05, 0) is 60.1 Å². The number of anilines is 1. The number of nitrogens with zero attached hydrogens (tertiary/aromatic N) is 1. The number of hydrogen-bond donors (Lipinski definition) is 3. The van der Waals surface area contributed by atoms with E-state index in [-0.39, 0.29) is 5.91 Å². The first-order valence-corrected chi connectivity index (χ1v) is 13.8. The summed E-state index contributed by atoms with van der Waals surface area (Å²) in [5, 5.41) is 16.8. The number of carbonyl (C=O) groups is 2. The van der Waals surface area contributed by atoms with E-state index < -0.39 is 23.5 Å². The lowest BCUT2D eigenvalue weighted by molar-refractivity contribution is -0.137. The van der Waals surface area contributed by atoms with Crippen LogP contribution in [-0.4, -0.2) is 34.1 Å². The molecule has 9 heteroatoms. The molecule has 0 aliphatic rings. The molecule has 1 unspecified atom stereocenters. The lowest BCUT2D eigenvalue weighted by atomic mass is 9.88. The van der Waals surface area contributed by atoms with E-state index in [9.17, 15) is 14.7 Å². The van der Waals surface area contributed by atoms with Gasteiger partial charge in [0.05, 0.1) is 9.90 Å². The molecule has 2 aromatic carbocycles. The fourth-order valence-electron chi connectivity index (χ4n) is 3.76. The van der Waals surface area contributed by atoms with Crippen molar-refractivity contribution < 1.29 is 19.4 Å². The quantitative estimate of drug-likeness (QED) is 0.272. The maximum Gasteiger partial charge on any atom is 0.250 e. The average molecular weight is 558 g/mol. The largest absolute Gasteiger partial charge is 0.487 e. The molecular formula is C29H36ClN3O4S. The Morgan fingerprint density at radius 1 is 1.13 bits per heavy atom. The second-order valence-corrected chi connectivity index (χ2v) is 11.9. The molecule has 204 valence electrons. The molecule has 2 amide bonds. The average Bonchev–Trinajstić information content (AvgIpc) is 3.32. The number of carbonyl (C=O) groups excluding carboxylic acids is 2. The van der Waals surface area contributed by atoms with E-state index in [1.54, 1.807) is 27.0 Å². The van der Waals surface area contributed by atoms with Crippen molar-refractivity contribution in [3.05, 3.63) is 64.3 Å². The van der Waals surface area contributed by atoms with Gasteiger partial charge in [0.1, 0.15) is 24.5 Å². The summed E-state index contributed by atoms with van der Waals surface area (Å²) in [6.07, 6.45) is 1.61. The number of benzene rings is 2. The van der Waals surface area contributed by atoms with Crippen LogP contribution in [0, 0.1) is 19.3 Å². The van der Waals surface area contributed by atoms with E-state index in [4.69, 9.17) is 16.3 Å². The molecule has 7 nitrogen and oxygen atoms in total. The summed E-state index contributed by atoms with van der Waals surface area (Å²) >= 11 is 7.72. The summed E-state index contributed by atoms with van der Waals surface area (Å²) in [5.74, 6) is -0.311. The molecule has 0 saturated heterocycles. The fraction of sp³-hybridized carbons (Fsp3) is 0.414. The topological polar surface area (TPSA) is 101 Å². The Morgan fingerprint density at radius 2 is 1.82 bits per heavy atom. The van der Waals surface area contributed by atoms with E-state index in [0.29, 0.717) is 35.4 Å². The van der Waals surface area contributed by atoms with Crippen LogP contribution in [0.15, 0.2) is 42.6 Å². The number of aromatic nitrogens is 1. The summed E-state index contributed by atoms with van der Waals surface area (Å²) in [7, 11) is 0. The van der Waals surface area contributed by atoms with Gasteiger partial charge >= 0.3 is 0 Å². The van der Waals surface area contributed by atoms with Gasteiger partial charge < -0.3 is 20.5 Å². The zero-order valence-electron chi connectivity index (χ0n) is 22.7. The molecule has 2 atom stereocenters. The van der Waals surface area contributed by atoms with Crippen molar-refractivity contribution in [1.29, 1.82) is 0 Å². The monoisotopic (exact) mass is 557 g/mol. The maximum absolute atomic E-state index is 13.0. The fourth-order valence-corrected chi connectivity index (χ4v) is 4.91. The molecule has 0 saturated carbocycles. The third-order valence-corrected chi connectivity index (χ3v) is 7.47. The lowest BCUT2D eigenvalue weighted by Gasteiger charge is -2.26. The Bertz CT molecular complexity index is 1290. The van der Waals surface area contributed by atoms with Crippen molar-refractivity contribution in [2.75, 3.05) is 5.32 Å². The number of aryl methyl sites for hydroxylation is 2. The molecule has 1 heterocycles. The number of aliphatic hydroxyl groups excluding tert-OH is 1. The SMILES string of the molecule is CCCC(NC(=O)[C@@H](O)C(C)(C)C)C(=O)Nc1ncc(-c2ccccc2COc2cc(C)c(C)cc2Cl)s1. The molecule has 0 bridgehead atoms. The number of halogens is 1. The zero-order valence-corrected chi connectivity index (χ0v) is 24.3. The van der Waals surface area contributed by atoms with Crippen LogP contribution in [0.2, 0.25) is 5.02 Å². The first-order valence-electron chi connectivity index (χ1n) is 12.6. The summed E-state index contributed by atoms with van der Waals surface area (Å²) in [6.45, 7) is 11.6. The Kier molecular flexibility index (Phi) is 9.93. The van der Waals surface area contributed by atoms with Crippen LogP contribution < -0.4 is 15.4 Å². The third-order valence-electron chi connectivity index (χ3n) is 6.23. The van der Waals surface area contributed by atoms with Crippen LogP contribution in [0.5, 0.6) is 5.75 Å². The minimum atomic E-state index is -1.22. The van der Waals surface area contributed by atoms with Gasteiger partial charge in [0.15, 0.2) is 5.13 Å². The van der Waals surface area contributed by atoms with Gasteiger partial charge in [-0.3, -0.25) is 9.59 Å². The number of thiazole rings is 1. The van der Waals surface area contributed by atoms with E-state index in [2.05, 4.69) is 15.6 Å². The third kappa shape index (κ3) is 7.56. The molecule has 3 N–H and O–H groups in total. The van der Waals surface area contributed by atoms with Crippen molar-refractivity contribution in [2.45, 2.75) is 73.1 Å². The normalized spacial score (nSPS) is 13.1. The Morgan fingerprint density at radius 3 is 2.50 bits per heavy atom. The van der Waals surface area contributed by atoms with Gasteiger partial charge in [-0.1, -0.05) is 81.3 Å². The van der Waals surface area contributed by atoms with Gasteiger partial charge in [-0.15, -0.1) is 0 Å². The summed E-state index contributed by atoms with van der Waals surface area (Å²) in [4.78, 5) is 30.7. The number of aliphatic hydroxyl groups is 1. The number of ether oxygens (including phenoxy) is 1. The number of nitrogens with one attached hydrogen (secondary N) is 2. The van der Waals surface area contributed by atoms with Crippen molar-refractivity contribution >= 4 is 39.9 Å². The van der Waals surface area contributed by atoms with E-state index in [1.807, 2.05) is 57.2 Å². The number of amides is 2. The van der Waals surface area contributed by atoms with Crippen LogP contribution in [0.1, 0.15) is 57.2 Å². The molecule has 0 aliphatic heterocycles. The highest BCUT2D eigenvalue weighted by Gasteiger charge is 2.32. The lowest BCUT2D eigenvalue weighted by Crippen LogP contribution is -2.50. The molecule has 0 aliphatic carbocycles.